The number of hydrogen-bond donors (Lipinski definition) is 2. The maximum atomic E-state index is 11.5. The molecule has 0 aromatic heterocycles. The van der Waals surface area contributed by atoms with Crippen LogP contribution in [0.3, 0.4) is 0 Å². The van der Waals surface area contributed by atoms with Crippen LogP contribution in [0.5, 0.6) is 0 Å². The maximum Gasteiger partial charge on any atom is 0.219 e. The summed E-state index contributed by atoms with van der Waals surface area (Å²) in [5.74, 6) is 0.211. The fourth-order valence-corrected chi connectivity index (χ4v) is 2.54. The molecule has 0 atom stereocenters. The average Bonchev–Trinajstić information content (AvgIpc) is 2.49. The molecule has 4 heteroatoms. The van der Waals surface area contributed by atoms with E-state index in [1.165, 1.54) is 64.2 Å². The third-order valence-electron chi connectivity index (χ3n) is 3.96. The van der Waals surface area contributed by atoms with E-state index in [-0.39, 0.29) is 18.3 Å². The topological polar surface area (TPSA) is 55.1 Å². The van der Waals surface area contributed by atoms with E-state index in [0.717, 1.165) is 25.8 Å². The van der Waals surface area contributed by atoms with E-state index >= 15 is 0 Å². The first kappa shape index (κ1) is 24.0. The van der Waals surface area contributed by atoms with E-state index < -0.39 is 0 Å². The third-order valence-corrected chi connectivity index (χ3v) is 3.96. The number of halogens is 1. The molecule has 0 aliphatic carbocycles. The molecule has 0 heterocycles. The number of nitrogens with two attached hydrogens (primary N) is 1. The molecule has 0 aliphatic heterocycles. The lowest BCUT2D eigenvalue weighted by molar-refractivity contribution is -0.121. The van der Waals surface area contributed by atoms with Crippen LogP contribution in [0.4, 0.5) is 0 Å². The molecule has 0 aliphatic rings. The van der Waals surface area contributed by atoms with Gasteiger partial charge in [0.25, 0.3) is 0 Å². The van der Waals surface area contributed by atoms with Gasteiger partial charge in [-0.05, 0) is 25.8 Å². The summed E-state index contributed by atoms with van der Waals surface area (Å²) in [6, 6.07) is 0. The van der Waals surface area contributed by atoms with Crippen molar-refractivity contribution in [3.8, 4) is 0 Å². The van der Waals surface area contributed by atoms with Gasteiger partial charge in [0.05, 0.1) is 0 Å². The normalized spacial score (nSPS) is 10.3. The number of hydrogen-bond acceptors (Lipinski definition) is 2. The molecule has 0 fully saturated rings. The Bertz CT molecular complexity index is 225. The molecule has 0 rings (SSSR count). The number of unbranched alkanes of at least 4 members (excludes halogenated alkanes) is 11. The molecule has 3 nitrogen and oxygen atoms in total. The molecule has 134 valence electrons. The van der Waals surface area contributed by atoms with Crippen LogP contribution in [0.15, 0.2) is 0 Å². The van der Waals surface area contributed by atoms with Gasteiger partial charge in [-0.3, -0.25) is 4.79 Å². The minimum atomic E-state index is 0. The lowest BCUT2D eigenvalue weighted by Crippen LogP contribution is -2.24. The number of amides is 1. The van der Waals surface area contributed by atoms with Crippen molar-refractivity contribution in [2.45, 2.75) is 96.8 Å². The van der Waals surface area contributed by atoms with Crippen LogP contribution in [0, 0.1) is 0 Å². The largest absolute Gasteiger partial charge is 0.356 e. The van der Waals surface area contributed by atoms with Crippen LogP contribution < -0.4 is 11.1 Å². The summed E-state index contributed by atoms with van der Waals surface area (Å²) in [5, 5.41) is 2.96. The van der Waals surface area contributed by atoms with E-state index in [2.05, 4.69) is 12.2 Å². The van der Waals surface area contributed by atoms with Crippen molar-refractivity contribution < 1.29 is 4.79 Å². The Hall–Kier alpha value is -0.280. The molecule has 0 unspecified atom stereocenters. The minimum Gasteiger partial charge on any atom is -0.356 e. The van der Waals surface area contributed by atoms with E-state index in [0.29, 0.717) is 13.0 Å². The Morgan fingerprint density at radius 1 is 0.773 bits per heavy atom. The third kappa shape index (κ3) is 19.7. The van der Waals surface area contributed by atoms with Crippen LogP contribution in [0.2, 0.25) is 0 Å². The summed E-state index contributed by atoms with van der Waals surface area (Å²) in [5.41, 5.74) is 5.41. The van der Waals surface area contributed by atoms with Crippen LogP contribution in [0.1, 0.15) is 96.8 Å². The van der Waals surface area contributed by atoms with Crippen molar-refractivity contribution in [1.82, 2.24) is 5.32 Å². The Labute approximate surface area is 144 Å². The van der Waals surface area contributed by atoms with E-state index in [4.69, 9.17) is 5.73 Å². The van der Waals surface area contributed by atoms with Crippen LogP contribution in [-0.2, 0) is 4.79 Å². The van der Waals surface area contributed by atoms with Gasteiger partial charge in [-0.1, -0.05) is 71.1 Å². The quantitative estimate of drug-likeness (QED) is 0.392. The van der Waals surface area contributed by atoms with Crippen LogP contribution >= 0.6 is 12.4 Å². The molecule has 0 saturated heterocycles. The van der Waals surface area contributed by atoms with Gasteiger partial charge in [0.1, 0.15) is 0 Å². The summed E-state index contributed by atoms with van der Waals surface area (Å²) in [7, 11) is 0. The first-order valence-electron chi connectivity index (χ1n) is 9.28. The summed E-state index contributed by atoms with van der Waals surface area (Å²) >= 11 is 0. The molecule has 0 radical (unpaired) electrons. The summed E-state index contributed by atoms with van der Waals surface area (Å²) in [6.45, 7) is 3.77. The number of carbonyl (C=O) groups is 1. The van der Waals surface area contributed by atoms with Gasteiger partial charge in [-0.15, -0.1) is 12.4 Å². The Kier molecular flexibility index (Phi) is 22.6. The van der Waals surface area contributed by atoms with Crippen molar-refractivity contribution in [3.05, 3.63) is 0 Å². The smallest absolute Gasteiger partial charge is 0.219 e. The van der Waals surface area contributed by atoms with Crippen molar-refractivity contribution >= 4 is 18.3 Å². The zero-order chi connectivity index (χ0) is 15.6. The molecular weight excluding hydrogens is 296 g/mol. The molecule has 0 saturated carbocycles. The second kappa shape index (κ2) is 20.7. The van der Waals surface area contributed by atoms with Crippen LogP contribution in [0.25, 0.3) is 0 Å². The summed E-state index contributed by atoms with van der Waals surface area (Å²) in [6.07, 6.45) is 17.3. The lowest BCUT2D eigenvalue weighted by atomic mass is 10.1. The van der Waals surface area contributed by atoms with E-state index in [1.807, 2.05) is 0 Å². The average molecular weight is 335 g/mol. The van der Waals surface area contributed by atoms with Crippen molar-refractivity contribution in [1.29, 1.82) is 0 Å². The Balaban J connectivity index is 0. The molecule has 0 bridgehead atoms. The SMILES string of the molecule is CCCCCCCCCCCCCC(=O)NCCCCN.Cl. The predicted molar refractivity (Wildman–Crippen MR) is 99.6 cm³/mol. The fraction of sp³-hybridized carbons (Fsp3) is 0.944. The highest BCUT2D eigenvalue weighted by molar-refractivity contribution is 5.85. The lowest BCUT2D eigenvalue weighted by Gasteiger charge is -2.05. The molecule has 3 N–H and O–H groups in total. The maximum absolute atomic E-state index is 11.5. The molecule has 0 spiro atoms. The van der Waals surface area contributed by atoms with Crippen LogP contribution in [-0.4, -0.2) is 19.0 Å². The van der Waals surface area contributed by atoms with Gasteiger partial charge in [0.2, 0.25) is 5.91 Å². The molecule has 1 amide bonds. The van der Waals surface area contributed by atoms with Gasteiger partial charge in [-0.2, -0.15) is 0 Å². The van der Waals surface area contributed by atoms with Crippen molar-refractivity contribution in [2.24, 2.45) is 5.73 Å². The number of nitrogens with one attached hydrogen (secondary N) is 1. The Morgan fingerprint density at radius 2 is 1.27 bits per heavy atom. The monoisotopic (exact) mass is 334 g/mol. The first-order valence-corrected chi connectivity index (χ1v) is 9.28. The second-order valence-corrected chi connectivity index (χ2v) is 6.13. The van der Waals surface area contributed by atoms with Crippen molar-refractivity contribution in [2.75, 3.05) is 13.1 Å². The highest BCUT2D eigenvalue weighted by Crippen LogP contribution is 2.11. The van der Waals surface area contributed by atoms with Gasteiger partial charge < -0.3 is 11.1 Å². The number of rotatable bonds is 16. The zero-order valence-electron chi connectivity index (χ0n) is 14.7. The fourth-order valence-electron chi connectivity index (χ4n) is 2.54. The zero-order valence-corrected chi connectivity index (χ0v) is 15.5. The highest BCUT2D eigenvalue weighted by atomic mass is 35.5. The first-order chi connectivity index (χ1) is 10.3. The van der Waals surface area contributed by atoms with E-state index in [9.17, 15) is 4.79 Å². The summed E-state index contributed by atoms with van der Waals surface area (Å²) < 4.78 is 0. The second-order valence-electron chi connectivity index (χ2n) is 6.13. The van der Waals surface area contributed by atoms with Gasteiger partial charge in [-0.25, -0.2) is 0 Å². The molecule has 0 aromatic carbocycles. The molecular formula is C18H39ClN2O. The molecule has 0 aromatic rings. The van der Waals surface area contributed by atoms with Gasteiger partial charge >= 0.3 is 0 Å². The predicted octanol–water partition coefficient (Wildman–Crippen LogP) is 4.96. The van der Waals surface area contributed by atoms with Gasteiger partial charge in [0, 0.05) is 13.0 Å². The molecule has 22 heavy (non-hydrogen) atoms. The minimum absolute atomic E-state index is 0. The highest BCUT2D eigenvalue weighted by Gasteiger charge is 2.00. The van der Waals surface area contributed by atoms with Crippen molar-refractivity contribution in [3.63, 3.8) is 0 Å². The van der Waals surface area contributed by atoms with E-state index in [1.54, 1.807) is 0 Å². The van der Waals surface area contributed by atoms with Gasteiger partial charge in [0.15, 0.2) is 0 Å². The number of carbonyl (C=O) groups excluding carboxylic acids is 1. The summed E-state index contributed by atoms with van der Waals surface area (Å²) in [4.78, 5) is 11.5. The standard InChI is InChI=1S/C18H38N2O.ClH/c1-2-3-4-5-6-7-8-9-10-11-12-15-18(21)20-17-14-13-16-19;/h2-17,19H2,1H3,(H,20,21);1H. The Morgan fingerprint density at radius 3 is 1.77 bits per heavy atom.